The lowest BCUT2D eigenvalue weighted by Crippen LogP contribution is -2.07. The van der Waals surface area contributed by atoms with Crippen molar-refractivity contribution in [1.29, 1.82) is 0 Å². The lowest BCUT2D eigenvalue weighted by Gasteiger charge is -2.16. The van der Waals surface area contributed by atoms with Crippen molar-refractivity contribution in [1.82, 2.24) is 0 Å². The summed E-state index contributed by atoms with van der Waals surface area (Å²) in [6, 6.07) is 15.3. The Balaban J connectivity index is 2.17. The van der Waals surface area contributed by atoms with E-state index in [1.165, 1.54) is 7.11 Å². The summed E-state index contributed by atoms with van der Waals surface area (Å²) in [5, 5.41) is 0. The average molecular weight is 270 g/mol. The van der Waals surface area contributed by atoms with Crippen molar-refractivity contribution in [3.8, 4) is 5.75 Å². The molecule has 0 N–H and O–H groups in total. The molecular weight excluding hydrogens is 252 g/mol. The number of esters is 1. The highest BCUT2D eigenvalue weighted by Crippen LogP contribution is 2.23. The predicted molar refractivity (Wildman–Crippen MR) is 78.0 cm³/mol. The van der Waals surface area contributed by atoms with Gasteiger partial charge in [-0.1, -0.05) is 30.3 Å². The Hall–Kier alpha value is -2.29. The molecule has 1 unspecified atom stereocenters. The van der Waals surface area contributed by atoms with Gasteiger partial charge in [0, 0.05) is 0 Å². The summed E-state index contributed by atoms with van der Waals surface area (Å²) in [5.74, 6) is 0.514. The molecule has 3 nitrogen and oxygen atoms in total. The number of hydrogen-bond acceptors (Lipinski definition) is 3. The first kappa shape index (κ1) is 14.1. The first-order valence-electron chi connectivity index (χ1n) is 6.52. The summed E-state index contributed by atoms with van der Waals surface area (Å²) < 4.78 is 10.6. The van der Waals surface area contributed by atoms with Gasteiger partial charge in [0.25, 0.3) is 0 Å². The van der Waals surface area contributed by atoms with Crippen molar-refractivity contribution in [3.63, 3.8) is 0 Å². The maximum Gasteiger partial charge on any atom is 0.338 e. The summed E-state index contributed by atoms with van der Waals surface area (Å²) in [4.78, 5) is 11.6. The SMILES string of the molecule is COC(=O)c1ccc(C(C)Oc2ccccc2)cc1C. The Labute approximate surface area is 119 Å². The molecule has 0 saturated carbocycles. The van der Waals surface area contributed by atoms with Crippen LogP contribution in [0.3, 0.4) is 0 Å². The minimum absolute atomic E-state index is 0.0807. The maximum atomic E-state index is 11.6. The first-order chi connectivity index (χ1) is 9.61. The second-order valence-electron chi connectivity index (χ2n) is 4.64. The number of aryl methyl sites for hydroxylation is 1. The zero-order chi connectivity index (χ0) is 14.5. The van der Waals surface area contributed by atoms with E-state index in [1.807, 2.05) is 56.3 Å². The molecule has 2 aromatic carbocycles. The lowest BCUT2D eigenvalue weighted by molar-refractivity contribution is 0.0600. The van der Waals surface area contributed by atoms with Gasteiger partial charge >= 0.3 is 5.97 Å². The van der Waals surface area contributed by atoms with E-state index in [2.05, 4.69) is 0 Å². The summed E-state index contributed by atoms with van der Waals surface area (Å²) in [6.45, 7) is 3.88. The van der Waals surface area contributed by atoms with Crippen molar-refractivity contribution in [2.45, 2.75) is 20.0 Å². The fourth-order valence-electron chi connectivity index (χ4n) is 2.05. The van der Waals surface area contributed by atoms with Crippen molar-refractivity contribution < 1.29 is 14.3 Å². The highest BCUT2D eigenvalue weighted by atomic mass is 16.5. The van der Waals surface area contributed by atoms with Gasteiger partial charge in [0.15, 0.2) is 0 Å². The fourth-order valence-corrected chi connectivity index (χ4v) is 2.05. The fraction of sp³-hybridized carbons (Fsp3) is 0.235. The minimum atomic E-state index is -0.314. The minimum Gasteiger partial charge on any atom is -0.486 e. The van der Waals surface area contributed by atoms with Crippen LogP contribution in [0.4, 0.5) is 0 Å². The van der Waals surface area contributed by atoms with Gasteiger partial charge in [-0.2, -0.15) is 0 Å². The van der Waals surface area contributed by atoms with Gasteiger partial charge in [0.2, 0.25) is 0 Å². The normalized spacial score (nSPS) is 11.8. The molecule has 1 atom stereocenters. The number of ether oxygens (including phenoxy) is 2. The van der Waals surface area contributed by atoms with E-state index in [9.17, 15) is 4.79 Å². The number of benzene rings is 2. The average Bonchev–Trinajstić information content (AvgIpc) is 2.47. The predicted octanol–water partition coefficient (Wildman–Crippen LogP) is 3.92. The summed E-state index contributed by atoms with van der Waals surface area (Å²) in [5.41, 5.74) is 2.50. The van der Waals surface area contributed by atoms with Crippen LogP contribution in [0.1, 0.15) is 34.5 Å². The van der Waals surface area contributed by atoms with Crippen molar-refractivity contribution in [2.24, 2.45) is 0 Å². The van der Waals surface area contributed by atoms with Gasteiger partial charge in [-0.05, 0) is 43.2 Å². The van der Waals surface area contributed by atoms with Crippen LogP contribution >= 0.6 is 0 Å². The van der Waals surface area contributed by atoms with E-state index in [0.717, 1.165) is 16.9 Å². The smallest absolute Gasteiger partial charge is 0.338 e. The van der Waals surface area contributed by atoms with E-state index < -0.39 is 0 Å². The monoisotopic (exact) mass is 270 g/mol. The number of hydrogen-bond donors (Lipinski definition) is 0. The van der Waals surface area contributed by atoms with Gasteiger partial charge in [-0.15, -0.1) is 0 Å². The number of methoxy groups -OCH3 is 1. The van der Waals surface area contributed by atoms with Crippen LogP contribution in [0.2, 0.25) is 0 Å². The Bertz CT molecular complexity index is 590. The largest absolute Gasteiger partial charge is 0.486 e. The Morgan fingerprint density at radius 2 is 1.80 bits per heavy atom. The topological polar surface area (TPSA) is 35.5 Å². The van der Waals surface area contributed by atoms with E-state index >= 15 is 0 Å². The number of carbonyl (C=O) groups excluding carboxylic acids is 1. The number of rotatable bonds is 4. The molecule has 0 bridgehead atoms. The lowest BCUT2D eigenvalue weighted by atomic mass is 10.0. The van der Waals surface area contributed by atoms with Crippen LogP contribution in [0.5, 0.6) is 5.75 Å². The Morgan fingerprint density at radius 1 is 1.10 bits per heavy atom. The molecule has 20 heavy (non-hydrogen) atoms. The van der Waals surface area contributed by atoms with Crippen molar-refractivity contribution in [3.05, 3.63) is 65.2 Å². The summed E-state index contributed by atoms with van der Waals surface area (Å²) in [6.07, 6.45) is -0.0807. The molecule has 0 aliphatic heterocycles. The van der Waals surface area contributed by atoms with Gasteiger partial charge in [-0.25, -0.2) is 4.79 Å². The first-order valence-corrected chi connectivity index (χ1v) is 6.52. The van der Waals surface area contributed by atoms with Gasteiger partial charge in [0.05, 0.1) is 12.7 Å². The van der Waals surface area contributed by atoms with Crippen LogP contribution in [0.25, 0.3) is 0 Å². The summed E-state index contributed by atoms with van der Waals surface area (Å²) >= 11 is 0. The van der Waals surface area contributed by atoms with Crippen LogP contribution in [-0.4, -0.2) is 13.1 Å². The van der Waals surface area contributed by atoms with Gasteiger partial charge in [-0.3, -0.25) is 0 Å². The van der Waals surface area contributed by atoms with E-state index in [-0.39, 0.29) is 12.1 Å². The molecule has 0 fully saturated rings. The van der Waals surface area contributed by atoms with Gasteiger partial charge < -0.3 is 9.47 Å². The van der Waals surface area contributed by atoms with Crippen LogP contribution in [-0.2, 0) is 4.74 Å². The number of carbonyl (C=O) groups is 1. The van der Waals surface area contributed by atoms with Crippen molar-refractivity contribution >= 4 is 5.97 Å². The highest BCUT2D eigenvalue weighted by molar-refractivity contribution is 5.90. The van der Waals surface area contributed by atoms with Gasteiger partial charge in [0.1, 0.15) is 11.9 Å². The zero-order valence-electron chi connectivity index (χ0n) is 11.9. The molecule has 0 heterocycles. The van der Waals surface area contributed by atoms with E-state index in [4.69, 9.17) is 9.47 Å². The highest BCUT2D eigenvalue weighted by Gasteiger charge is 2.13. The molecular formula is C17H18O3. The Morgan fingerprint density at radius 3 is 2.40 bits per heavy atom. The molecule has 0 spiro atoms. The molecule has 2 rings (SSSR count). The maximum absolute atomic E-state index is 11.6. The molecule has 0 radical (unpaired) electrons. The molecule has 0 aliphatic rings. The Kier molecular flexibility index (Phi) is 4.41. The second kappa shape index (κ2) is 6.24. The third kappa shape index (κ3) is 3.18. The van der Waals surface area contributed by atoms with E-state index in [0.29, 0.717) is 5.56 Å². The standard InChI is InChI=1S/C17H18O3/c1-12-11-14(9-10-16(12)17(18)19-3)13(2)20-15-7-5-4-6-8-15/h4-11,13H,1-3H3. The second-order valence-corrected chi connectivity index (χ2v) is 4.64. The molecule has 104 valence electrons. The molecule has 0 amide bonds. The van der Waals surface area contributed by atoms with Crippen LogP contribution in [0.15, 0.2) is 48.5 Å². The zero-order valence-corrected chi connectivity index (χ0v) is 11.9. The molecule has 3 heteroatoms. The van der Waals surface area contributed by atoms with Crippen molar-refractivity contribution in [2.75, 3.05) is 7.11 Å². The third-order valence-corrected chi connectivity index (χ3v) is 3.18. The molecule has 0 aromatic heterocycles. The number of para-hydroxylation sites is 1. The molecule has 2 aromatic rings. The molecule has 0 saturated heterocycles. The van der Waals surface area contributed by atoms with E-state index in [1.54, 1.807) is 6.07 Å². The quantitative estimate of drug-likeness (QED) is 0.790. The van der Waals surface area contributed by atoms with Crippen LogP contribution in [0, 0.1) is 6.92 Å². The third-order valence-electron chi connectivity index (χ3n) is 3.18. The van der Waals surface area contributed by atoms with Crippen LogP contribution < -0.4 is 4.74 Å². The molecule has 0 aliphatic carbocycles. The summed E-state index contributed by atoms with van der Waals surface area (Å²) in [7, 11) is 1.39.